The van der Waals surface area contributed by atoms with Gasteiger partial charge in [0.25, 0.3) is 0 Å². The van der Waals surface area contributed by atoms with Gasteiger partial charge in [-0.25, -0.2) is 4.98 Å². The lowest BCUT2D eigenvalue weighted by molar-refractivity contribution is 0.669. The maximum Gasteiger partial charge on any atom is 0.238 e. The fourth-order valence-electron chi connectivity index (χ4n) is 8.52. The normalized spacial score (nSPS) is 12.0. The maximum atomic E-state index is 6.56. The molecule has 0 aliphatic rings. The van der Waals surface area contributed by atoms with Crippen molar-refractivity contribution in [3.05, 3.63) is 176 Å². The van der Waals surface area contributed by atoms with E-state index in [9.17, 15) is 0 Å². The summed E-state index contributed by atoms with van der Waals surface area (Å²) in [5.41, 5.74) is 8.65. The third kappa shape index (κ3) is 4.39. The topological polar surface area (TPSA) is 61.7 Å². The van der Waals surface area contributed by atoms with Crippen LogP contribution in [0.3, 0.4) is 0 Å². The Balaban J connectivity index is 1.24. The SMILES string of the molecule is c1ccc(-n2c3ccccc3c3ccc4c5ccccc5n(-c5nc(-c6ccc7ccccc7c6)nc(-c6cccc7c6oc6ccccc67)n5)c4c32)cc1. The Kier molecular flexibility index (Phi) is 6.24. The smallest absolute Gasteiger partial charge is 0.238 e. The molecule has 0 unspecified atom stereocenters. The lowest BCUT2D eigenvalue weighted by Gasteiger charge is -2.13. The Morgan fingerprint density at radius 2 is 1.02 bits per heavy atom. The summed E-state index contributed by atoms with van der Waals surface area (Å²) in [5.74, 6) is 1.66. The van der Waals surface area contributed by atoms with Crippen molar-refractivity contribution < 1.29 is 4.42 Å². The molecule has 0 atom stereocenters. The van der Waals surface area contributed by atoms with Crippen LogP contribution in [0.4, 0.5) is 0 Å². The van der Waals surface area contributed by atoms with Crippen molar-refractivity contribution >= 4 is 76.3 Å². The minimum absolute atomic E-state index is 0.532. The first kappa shape index (κ1) is 29.9. The van der Waals surface area contributed by atoms with Crippen LogP contribution in [0.5, 0.6) is 0 Å². The molecule has 0 radical (unpaired) electrons. The van der Waals surface area contributed by atoms with E-state index in [1.165, 1.54) is 5.39 Å². The molecule has 4 heterocycles. The molecule has 0 saturated carbocycles. The van der Waals surface area contributed by atoms with Gasteiger partial charge in [0.05, 0.1) is 27.6 Å². The zero-order valence-corrected chi connectivity index (χ0v) is 29.4. The van der Waals surface area contributed by atoms with Crippen LogP contribution in [0.1, 0.15) is 0 Å². The molecule has 6 nitrogen and oxygen atoms in total. The van der Waals surface area contributed by atoms with Crippen LogP contribution in [0.25, 0.3) is 111 Å². The second-order valence-corrected chi connectivity index (χ2v) is 14.0. The van der Waals surface area contributed by atoms with Gasteiger partial charge in [0.1, 0.15) is 11.2 Å². The highest BCUT2D eigenvalue weighted by Crippen LogP contribution is 2.42. The molecule has 55 heavy (non-hydrogen) atoms. The van der Waals surface area contributed by atoms with E-state index in [1.54, 1.807) is 0 Å². The predicted molar refractivity (Wildman–Crippen MR) is 224 cm³/mol. The van der Waals surface area contributed by atoms with Crippen LogP contribution in [-0.2, 0) is 0 Å². The maximum absolute atomic E-state index is 6.56. The molecule has 12 aromatic rings. The van der Waals surface area contributed by atoms with Crippen molar-refractivity contribution in [1.29, 1.82) is 0 Å². The molecule has 12 rings (SSSR count). The van der Waals surface area contributed by atoms with Gasteiger partial charge >= 0.3 is 0 Å². The van der Waals surface area contributed by atoms with E-state index in [0.29, 0.717) is 17.6 Å². The van der Waals surface area contributed by atoms with Crippen LogP contribution in [-0.4, -0.2) is 24.1 Å². The first-order valence-corrected chi connectivity index (χ1v) is 18.5. The second kappa shape index (κ2) is 11.5. The van der Waals surface area contributed by atoms with Gasteiger partial charge in [0, 0.05) is 43.6 Å². The van der Waals surface area contributed by atoms with E-state index in [2.05, 4.69) is 161 Å². The Morgan fingerprint density at radius 3 is 1.82 bits per heavy atom. The molecule has 8 aromatic carbocycles. The molecule has 0 amide bonds. The molecule has 0 N–H and O–H groups in total. The monoisotopic (exact) mass is 703 g/mol. The lowest BCUT2D eigenvalue weighted by Crippen LogP contribution is -2.07. The van der Waals surface area contributed by atoms with E-state index in [-0.39, 0.29) is 0 Å². The highest BCUT2D eigenvalue weighted by atomic mass is 16.3. The minimum Gasteiger partial charge on any atom is -0.455 e. The number of para-hydroxylation sites is 5. The molecular weight excluding hydrogens is 675 g/mol. The Hall–Kier alpha value is -7.57. The summed E-state index contributed by atoms with van der Waals surface area (Å²) >= 11 is 0. The van der Waals surface area contributed by atoms with E-state index < -0.39 is 0 Å². The fourth-order valence-corrected chi connectivity index (χ4v) is 8.52. The summed E-state index contributed by atoms with van der Waals surface area (Å²) < 4.78 is 11.2. The van der Waals surface area contributed by atoms with Crippen molar-refractivity contribution in [3.8, 4) is 34.4 Å². The molecule has 4 aromatic heterocycles. The van der Waals surface area contributed by atoms with Crippen molar-refractivity contribution in [3.63, 3.8) is 0 Å². The van der Waals surface area contributed by atoms with Gasteiger partial charge in [0.15, 0.2) is 11.6 Å². The zero-order valence-electron chi connectivity index (χ0n) is 29.4. The average molecular weight is 704 g/mol. The molecular formula is C49H29N5O. The third-order valence-corrected chi connectivity index (χ3v) is 11.0. The number of hydrogen-bond acceptors (Lipinski definition) is 4. The van der Waals surface area contributed by atoms with E-state index >= 15 is 0 Å². The molecule has 0 aliphatic heterocycles. The van der Waals surface area contributed by atoms with Crippen LogP contribution in [0, 0.1) is 0 Å². The van der Waals surface area contributed by atoms with Crippen molar-refractivity contribution in [2.75, 3.05) is 0 Å². The summed E-state index contributed by atoms with van der Waals surface area (Å²) in [6, 6.07) is 61.4. The first-order chi connectivity index (χ1) is 27.3. The molecule has 6 heteroatoms. The van der Waals surface area contributed by atoms with Crippen LogP contribution >= 0.6 is 0 Å². The summed E-state index contributed by atoms with van der Waals surface area (Å²) in [4.78, 5) is 16.0. The number of nitrogens with zero attached hydrogens (tertiary/aromatic N) is 5. The van der Waals surface area contributed by atoms with Crippen LogP contribution in [0.15, 0.2) is 180 Å². The second-order valence-electron chi connectivity index (χ2n) is 14.0. The molecule has 0 spiro atoms. The number of hydrogen-bond donors (Lipinski definition) is 0. The van der Waals surface area contributed by atoms with E-state index in [0.717, 1.165) is 87.8 Å². The van der Waals surface area contributed by atoms with Gasteiger partial charge in [-0.15, -0.1) is 0 Å². The highest BCUT2D eigenvalue weighted by molar-refractivity contribution is 6.23. The molecule has 0 fully saturated rings. The standard InChI is InChI=1S/C49H29N5O/c1-2-15-33(16-3-1)53-41-22-9-6-17-34(41)37-27-28-38-35-18-7-10-23-42(35)54(45(38)44(37)53)49-51-47(32-26-25-30-13-4-5-14-31(30)29-32)50-48(52-49)40-21-12-20-39-36-19-8-11-24-43(36)55-46(39)40/h1-29H. The number of aromatic nitrogens is 5. The van der Waals surface area contributed by atoms with E-state index in [1.807, 2.05) is 24.3 Å². The summed E-state index contributed by atoms with van der Waals surface area (Å²) in [6.45, 7) is 0. The van der Waals surface area contributed by atoms with Gasteiger partial charge in [-0.2, -0.15) is 9.97 Å². The van der Waals surface area contributed by atoms with Gasteiger partial charge in [-0.05, 0) is 53.2 Å². The third-order valence-electron chi connectivity index (χ3n) is 11.0. The molecule has 256 valence electrons. The largest absolute Gasteiger partial charge is 0.455 e. The van der Waals surface area contributed by atoms with Crippen molar-refractivity contribution in [1.82, 2.24) is 24.1 Å². The summed E-state index contributed by atoms with van der Waals surface area (Å²) in [6.07, 6.45) is 0. The molecule has 0 bridgehead atoms. The Labute approximate surface area is 314 Å². The number of furan rings is 1. The molecule has 0 saturated heterocycles. The average Bonchev–Trinajstić information content (AvgIpc) is 3.91. The van der Waals surface area contributed by atoms with E-state index in [4.69, 9.17) is 19.4 Å². The fraction of sp³-hybridized carbons (Fsp3) is 0. The first-order valence-electron chi connectivity index (χ1n) is 18.5. The lowest BCUT2D eigenvalue weighted by atomic mass is 10.1. The van der Waals surface area contributed by atoms with Gasteiger partial charge in [0.2, 0.25) is 5.95 Å². The number of fused-ring (bicyclic) bond motifs is 11. The Bertz CT molecular complexity index is 3500. The van der Waals surface area contributed by atoms with Crippen LogP contribution in [0.2, 0.25) is 0 Å². The van der Waals surface area contributed by atoms with Gasteiger partial charge in [-0.1, -0.05) is 133 Å². The summed E-state index contributed by atoms with van der Waals surface area (Å²) in [5, 5.41) is 8.95. The number of benzene rings is 8. The van der Waals surface area contributed by atoms with Crippen molar-refractivity contribution in [2.45, 2.75) is 0 Å². The number of rotatable bonds is 4. The van der Waals surface area contributed by atoms with Gasteiger partial charge < -0.3 is 8.98 Å². The minimum atomic E-state index is 0.532. The predicted octanol–water partition coefficient (Wildman–Crippen LogP) is 12.5. The van der Waals surface area contributed by atoms with Crippen LogP contribution < -0.4 is 0 Å². The summed E-state index contributed by atoms with van der Waals surface area (Å²) in [7, 11) is 0. The quantitative estimate of drug-likeness (QED) is 0.183. The van der Waals surface area contributed by atoms with Gasteiger partial charge in [-0.3, -0.25) is 4.57 Å². The molecule has 0 aliphatic carbocycles. The zero-order chi connectivity index (χ0) is 36.0. The Morgan fingerprint density at radius 1 is 0.400 bits per heavy atom. The highest BCUT2D eigenvalue weighted by Gasteiger charge is 2.24. The van der Waals surface area contributed by atoms with Crippen molar-refractivity contribution in [2.24, 2.45) is 0 Å².